The molecule has 1 aromatic rings. The number of nitrogen functional groups attached to an aromatic ring is 1. The van der Waals surface area contributed by atoms with E-state index in [1.54, 1.807) is 0 Å². The molecule has 0 aliphatic heterocycles. The van der Waals surface area contributed by atoms with Gasteiger partial charge < -0.3 is 5.73 Å². The minimum atomic E-state index is -3.89. The number of rotatable bonds is 5. The molecule has 1 aromatic carbocycles. The number of halogens is 2. The molecule has 1 atom stereocenters. The number of benzene rings is 1. The maximum atomic E-state index is 13.8. The van der Waals surface area contributed by atoms with E-state index >= 15 is 0 Å². The van der Waals surface area contributed by atoms with Crippen LogP contribution < -0.4 is 10.5 Å². The van der Waals surface area contributed by atoms with Gasteiger partial charge >= 0.3 is 0 Å². The third-order valence-electron chi connectivity index (χ3n) is 2.27. The van der Waals surface area contributed by atoms with E-state index in [2.05, 4.69) is 20.7 Å². The van der Waals surface area contributed by atoms with E-state index in [1.807, 2.05) is 13.2 Å². The van der Waals surface area contributed by atoms with Crippen LogP contribution in [0.1, 0.15) is 6.92 Å². The smallest absolute Gasteiger partial charge is 0.243 e. The van der Waals surface area contributed by atoms with Crippen molar-refractivity contribution in [3.05, 3.63) is 22.4 Å². The second-order valence-electron chi connectivity index (χ2n) is 3.71. The molecule has 0 aliphatic carbocycles. The van der Waals surface area contributed by atoms with Crippen LogP contribution in [0, 0.1) is 5.82 Å². The van der Waals surface area contributed by atoms with Gasteiger partial charge in [0.15, 0.2) is 5.82 Å². The van der Waals surface area contributed by atoms with Gasteiger partial charge in [0.25, 0.3) is 0 Å². The van der Waals surface area contributed by atoms with E-state index in [0.29, 0.717) is 0 Å². The molecule has 102 valence electrons. The Kier molecular flexibility index (Phi) is 5.45. The van der Waals surface area contributed by atoms with Crippen molar-refractivity contribution in [3.63, 3.8) is 0 Å². The van der Waals surface area contributed by atoms with Crippen LogP contribution in [0.15, 0.2) is 21.5 Å². The van der Waals surface area contributed by atoms with Crippen LogP contribution in [0.2, 0.25) is 0 Å². The molecule has 0 heterocycles. The predicted molar refractivity (Wildman–Crippen MR) is 76.7 cm³/mol. The average molecular weight is 357 g/mol. The number of hydrogen-bond acceptors (Lipinski definition) is 4. The topological polar surface area (TPSA) is 72.2 Å². The Bertz CT molecular complexity index is 537. The summed E-state index contributed by atoms with van der Waals surface area (Å²) in [6, 6.07) is 2.42. The van der Waals surface area contributed by atoms with Gasteiger partial charge in [0, 0.05) is 17.5 Å². The molecule has 4 nitrogen and oxygen atoms in total. The zero-order chi connectivity index (χ0) is 13.9. The highest BCUT2D eigenvalue weighted by Gasteiger charge is 2.22. The standard InChI is InChI=1S/C10H14BrFN2O2S2/c1-6(17-2)5-14-18(15,16)9-4-7(13)3-8(11)10(9)12/h3-4,6,14H,5,13H2,1-2H3. The quantitative estimate of drug-likeness (QED) is 0.793. The Morgan fingerprint density at radius 3 is 2.72 bits per heavy atom. The Balaban J connectivity index is 3.05. The maximum Gasteiger partial charge on any atom is 0.243 e. The van der Waals surface area contributed by atoms with Gasteiger partial charge in [0.2, 0.25) is 10.0 Å². The molecule has 1 unspecified atom stereocenters. The molecule has 1 rings (SSSR count). The van der Waals surface area contributed by atoms with Crippen LogP contribution >= 0.6 is 27.7 Å². The molecule has 0 spiro atoms. The number of nitrogens with two attached hydrogens (primary N) is 1. The Morgan fingerprint density at radius 1 is 1.56 bits per heavy atom. The third kappa shape index (κ3) is 3.84. The van der Waals surface area contributed by atoms with Crippen LogP contribution in [0.3, 0.4) is 0 Å². The second-order valence-corrected chi connectivity index (χ2v) is 7.58. The van der Waals surface area contributed by atoms with E-state index < -0.39 is 20.7 Å². The van der Waals surface area contributed by atoms with Gasteiger partial charge in [-0.2, -0.15) is 11.8 Å². The SMILES string of the molecule is CSC(C)CNS(=O)(=O)c1cc(N)cc(Br)c1F. The minimum absolute atomic E-state index is 0.0285. The molecule has 8 heteroatoms. The van der Waals surface area contributed by atoms with Crippen molar-refractivity contribution in [2.75, 3.05) is 18.5 Å². The number of thioether (sulfide) groups is 1. The molecule has 0 saturated heterocycles. The van der Waals surface area contributed by atoms with E-state index in [4.69, 9.17) is 5.73 Å². The first-order valence-electron chi connectivity index (χ1n) is 5.05. The average Bonchev–Trinajstić information content (AvgIpc) is 2.30. The molecule has 18 heavy (non-hydrogen) atoms. The second kappa shape index (κ2) is 6.23. The zero-order valence-corrected chi connectivity index (χ0v) is 13.1. The summed E-state index contributed by atoms with van der Waals surface area (Å²) < 4.78 is 40.0. The molecule has 0 fully saturated rings. The van der Waals surface area contributed by atoms with Gasteiger partial charge in [0.1, 0.15) is 4.90 Å². The number of sulfonamides is 1. The third-order valence-corrected chi connectivity index (χ3v) is 5.24. The first-order valence-corrected chi connectivity index (χ1v) is 8.61. The molecule has 0 aliphatic rings. The highest BCUT2D eigenvalue weighted by Crippen LogP contribution is 2.26. The lowest BCUT2D eigenvalue weighted by Gasteiger charge is -2.12. The summed E-state index contributed by atoms with van der Waals surface area (Å²) in [5.41, 5.74) is 5.70. The lowest BCUT2D eigenvalue weighted by molar-refractivity contribution is 0.554. The molecular formula is C10H14BrFN2O2S2. The predicted octanol–water partition coefficient (Wildman–Crippen LogP) is 2.20. The van der Waals surface area contributed by atoms with Crippen LogP contribution in [0.4, 0.5) is 10.1 Å². The summed E-state index contributed by atoms with van der Waals surface area (Å²) in [5, 5.41) is 0.104. The van der Waals surface area contributed by atoms with Gasteiger partial charge in [-0.3, -0.25) is 0 Å². The zero-order valence-electron chi connectivity index (χ0n) is 9.91. The van der Waals surface area contributed by atoms with Gasteiger partial charge in [-0.15, -0.1) is 0 Å². The van der Waals surface area contributed by atoms with Gasteiger partial charge in [0.05, 0.1) is 4.47 Å². The van der Waals surface area contributed by atoms with E-state index in [9.17, 15) is 12.8 Å². The summed E-state index contributed by atoms with van der Waals surface area (Å²) in [7, 11) is -3.89. The largest absolute Gasteiger partial charge is 0.399 e. The first-order chi connectivity index (χ1) is 8.27. The monoisotopic (exact) mass is 356 g/mol. The highest BCUT2D eigenvalue weighted by molar-refractivity contribution is 9.10. The minimum Gasteiger partial charge on any atom is -0.399 e. The van der Waals surface area contributed by atoms with Crippen molar-refractivity contribution >= 4 is 43.4 Å². The fourth-order valence-corrected chi connectivity index (χ4v) is 3.39. The summed E-state index contributed by atoms with van der Waals surface area (Å²) in [5.74, 6) is -0.839. The summed E-state index contributed by atoms with van der Waals surface area (Å²) in [4.78, 5) is -0.442. The molecule has 0 bridgehead atoms. The summed E-state index contributed by atoms with van der Waals surface area (Å²) in [6.45, 7) is 2.11. The van der Waals surface area contributed by atoms with Crippen LogP contribution in [-0.2, 0) is 10.0 Å². The number of nitrogens with one attached hydrogen (secondary N) is 1. The summed E-state index contributed by atoms with van der Waals surface area (Å²) in [6.07, 6.45) is 1.87. The first kappa shape index (κ1) is 15.7. The molecule has 0 aromatic heterocycles. The van der Waals surface area contributed by atoms with Crippen molar-refractivity contribution in [2.24, 2.45) is 0 Å². The van der Waals surface area contributed by atoms with E-state index in [-0.39, 0.29) is 22.0 Å². The van der Waals surface area contributed by atoms with Crippen LogP contribution in [-0.4, -0.2) is 26.5 Å². The lowest BCUT2D eigenvalue weighted by atomic mass is 10.3. The van der Waals surface area contributed by atoms with Crippen molar-refractivity contribution in [1.82, 2.24) is 4.72 Å². The van der Waals surface area contributed by atoms with Crippen molar-refractivity contribution in [1.29, 1.82) is 0 Å². The maximum absolute atomic E-state index is 13.8. The fourth-order valence-electron chi connectivity index (χ4n) is 1.17. The van der Waals surface area contributed by atoms with Crippen molar-refractivity contribution in [3.8, 4) is 0 Å². The summed E-state index contributed by atoms with van der Waals surface area (Å²) >= 11 is 4.45. The molecular weight excluding hydrogens is 343 g/mol. The van der Waals surface area contributed by atoms with Gasteiger partial charge in [-0.25, -0.2) is 17.5 Å². The number of hydrogen-bond donors (Lipinski definition) is 2. The highest BCUT2D eigenvalue weighted by atomic mass is 79.9. The molecule has 3 N–H and O–H groups in total. The normalized spacial score (nSPS) is 13.6. The van der Waals surface area contributed by atoms with Crippen molar-refractivity contribution < 1.29 is 12.8 Å². The molecule has 0 radical (unpaired) electrons. The lowest BCUT2D eigenvalue weighted by Crippen LogP contribution is -2.30. The van der Waals surface area contributed by atoms with E-state index in [1.165, 1.54) is 17.8 Å². The van der Waals surface area contributed by atoms with Crippen LogP contribution in [0.5, 0.6) is 0 Å². The fraction of sp³-hybridized carbons (Fsp3) is 0.400. The Morgan fingerprint density at radius 2 is 2.17 bits per heavy atom. The van der Waals surface area contributed by atoms with Gasteiger partial charge in [-0.1, -0.05) is 6.92 Å². The van der Waals surface area contributed by atoms with Crippen molar-refractivity contribution in [2.45, 2.75) is 17.1 Å². The van der Waals surface area contributed by atoms with E-state index in [0.717, 1.165) is 6.07 Å². The molecule has 0 amide bonds. The Hall–Kier alpha value is -0.310. The van der Waals surface area contributed by atoms with Gasteiger partial charge in [-0.05, 0) is 34.3 Å². The Labute approximate surface area is 119 Å². The number of anilines is 1. The van der Waals surface area contributed by atoms with Crippen LogP contribution in [0.25, 0.3) is 0 Å². The molecule has 0 saturated carbocycles.